The van der Waals surface area contributed by atoms with E-state index in [1.165, 1.54) is 0 Å². The van der Waals surface area contributed by atoms with Crippen molar-refractivity contribution in [3.05, 3.63) is 47.5 Å². The van der Waals surface area contributed by atoms with Gasteiger partial charge in [-0.2, -0.15) is 0 Å². The van der Waals surface area contributed by atoms with E-state index in [2.05, 4.69) is 28.4 Å². The largest absolute Gasteiger partial charge is 0.379 e. The number of halogens is 1. The van der Waals surface area contributed by atoms with Crippen molar-refractivity contribution in [1.29, 1.82) is 0 Å². The van der Waals surface area contributed by atoms with Gasteiger partial charge in [0.15, 0.2) is 0 Å². The van der Waals surface area contributed by atoms with Gasteiger partial charge in [0.25, 0.3) is 0 Å². The van der Waals surface area contributed by atoms with E-state index in [-0.39, 0.29) is 18.2 Å². The molecule has 0 saturated carbocycles. The Morgan fingerprint density at radius 3 is 2.61 bits per heavy atom. The fraction of sp³-hybridized carbons (Fsp3) is 0.560. The molecule has 2 saturated heterocycles. The van der Waals surface area contributed by atoms with Crippen molar-refractivity contribution < 1.29 is 14.6 Å². The quantitative estimate of drug-likeness (QED) is 0.610. The number of carbonyl (C=O) groups excluding carboxylic acids is 1. The van der Waals surface area contributed by atoms with Crippen LogP contribution in [0, 0.1) is 0 Å². The Bertz CT molecular complexity index is 865. The minimum Gasteiger partial charge on any atom is -0.379 e. The highest BCUT2D eigenvalue weighted by molar-refractivity contribution is 6.30. The van der Waals surface area contributed by atoms with E-state index >= 15 is 0 Å². The Labute approximate surface area is 201 Å². The smallest absolute Gasteiger partial charge is 0.321 e. The van der Waals surface area contributed by atoms with Crippen LogP contribution in [-0.4, -0.2) is 78.6 Å². The highest BCUT2D eigenvalue weighted by atomic mass is 35.5. The summed E-state index contributed by atoms with van der Waals surface area (Å²) < 4.78 is 6.16. The fourth-order valence-corrected chi connectivity index (χ4v) is 4.92. The molecular formula is C25H35ClN4O3. The van der Waals surface area contributed by atoms with Crippen molar-refractivity contribution in [2.45, 2.75) is 57.1 Å². The molecule has 2 N–H and O–H groups in total. The predicted octanol–water partition coefficient (Wildman–Crippen LogP) is 4.00. The van der Waals surface area contributed by atoms with Crippen LogP contribution in [0.15, 0.2) is 47.5 Å². The normalized spacial score (nSPS) is 24.8. The molecule has 3 unspecified atom stereocenters. The standard InChI is InChI=1S/C25H35ClN4O3/c1-18(31)28(2)21-11-14-30(17-21)20-9-7-19(8-10-20)27-25(32)29-15-12-22(13-16-29)33-24-6-4-3-5-23(24)26/h3-5,7-10,18,21-22,24,31H,6,11-17H2,1-2H3,(H,27,32). The summed E-state index contributed by atoms with van der Waals surface area (Å²) >= 11 is 6.25. The molecule has 4 rings (SSSR count). The summed E-state index contributed by atoms with van der Waals surface area (Å²) in [6, 6.07) is 8.30. The Kier molecular flexibility index (Phi) is 7.96. The fourth-order valence-electron chi connectivity index (χ4n) is 4.70. The molecule has 2 aliphatic heterocycles. The van der Waals surface area contributed by atoms with Gasteiger partial charge >= 0.3 is 6.03 Å². The van der Waals surface area contributed by atoms with Crippen LogP contribution in [0.2, 0.25) is 0 Å². The minimum atomic E-state index is -0.441. The Hall–Kier alpha value is -2.06. The molecule has 0 aromatic heterocycles. The number of rotatable bonds is 6. The number of hydrogen-bond donors (Lipinski definition) is 2. The predicted molar refractivity (Wildman–Crippen MR) is 133 cm³/mol. The number of hydrogen-bond acceptors (Lipinski definition) is 5. The second kappa shape index (κ2) is 10.9. The van der Waals surface area contributed by atoms with E-state index in [4.69, 9.17) is 16.3 Å². The number of nitrogens with zero attached hydrogens (tertiary/aromatic N) is 3. The van der Waals surface area contributed by atoms with Gasteiger partial charge in [-0.3, -0.25) is 4.90 Å². The Morgan fingerprint density at radius 1 is 1.21 bits per heavy atom. The third kappa shape index (κ3) is 6.09. The first kappa shape index (κ1) is 24.1. The van der Waals surface area contributed by atoms with Gasteiger partial charge in [0.1, 0.15) is 6.23 Å². The number of anilines is 2. The molecule has 8 heteroatoms. The minimum absolute atomic E-state index is 0.0566. The van der Waals surface area contributed by atoms with E-state index in [1.807, 2.05) is 41.1 Å². The van der Waals surface area contributed by atoms with Crippen LogP contribution in [0.3, 0.4) is 0 Å². The summed E-state index contributed by atoms with van der Waals surface area (Å²) in [4.78, 5) is 18.9. The van der Waals surface area contributed by atoms with Crippen molar-refractivity contribution in [1.82, 2.24) is 9.80 Å². The number of benzene rings is 1. The van der Waals surface area contributed by atoms with Crippen LogP contribution >= 0.6 is 11.6 Å². The number of amides is 2. The van der Waals surface area contributed by atoms with Gasteiger partial charge in [0, 0.05) is 48.6 Å². The maximum Gasteiger partial charge on any atom is 0.321 e. The molecule has 2 amide bonds. The number of carbonyl (C=O) groups is 1. The number of likely N-dealkylation sites (N-methyl/N-ethyl adjacent to an activating group) is 1. The SMILES string of the molecule is CC(O)N(C)C1CCN(c2ccc(NC(=O)N3CCC(OC4CC=CC=C4Cl)CC3)cc2)C1. The highest BCUT2D eigenvalue weighted by Crippen LogP contribution is 2.27. The molecular weight excluding hydrogens is 440 g/mol. The van der Waals surface area contributed by atoms with Gasteiger partial charge in [-0.1, -0.05) is 23.8 Å². The Morgan fingerprint density at radius 2 is 1.94 bits per heavy atom. The highest BCUT2D eigenvalue weighted by Gasteiger charge is 2.28. The van der Waals surface area contributed by atoms with E-state index in [0.29, 0.717) is 19.1 Å². The monoisotopic (exact) mass is 474 g/mol. The van der Waals surface area contributed by atoms with Gasteiger partial charge in [-0.05, 0) is 70.0 Å². The molecule has 0 radical (unpaired) electrons. The van der Waals surface area contributed by atoms with Crippen LogP contribution in [0.1, 0.15) is 32.6 Å². The third-order valence-electron chi connectivity index (χ3n) is 6.95. The number of aliphatic hydroxyl groups excluding tert-OH is 1. The van der Waals surface area contributed by atoms with Gasteiger partial charge < -0.3 is 25.0 Å². The lowest BCUT2D eigenvalue weighted by molar-refractivity contribution is -0.0170. The topological polar surface area (TPSA) is 68.3 Å². The van der Waals surface area contributed by atoms with E-state index in [1.54, 1.807) is 6.92 Å². The van der Waals surface area contributed by atoms with Crippen LogP contribution < -0.4 is 10.2 Å². The summed E-state index contributed by atoms with van der Waals surface area (Å²) in [5.74, 6) is 0. The molecule has 33 heavy (non-hydrogen) atoms. The van der Waals surface area contributed by atoms with Crippen molar-refractivity contribution in [2.75, 3.05) is 43.4 Å². The summed E-state index contributed by atoms with van der Waals surface area (Å²) in [5.41, 5.74) is 1.93. The van der Waals surface area contributed by atoms with Crippen LogP contribution in [0.4, 0.5) is 16.2 Å². The summed E-state index contributed by atoms with van der Waals surface area (Å²) in [6.07, 6.45) is 9.01. The first-order valence-corrected chi connectivity index (χ1v) is 12.3. The van der Waals surface area contributed by atoms with Gasteiger partial charge in [0.05, 0.1) is 12.2 Å². The zero-order valence-corrected chi connectivity index (χ0v) is 20.2. The molecule has 2 heterocycles. The number of piperidine rings is 1. The number of likely N-dealkylation sites (tertiary alicyclic amines) is 1. The first-order chi connectivity index (χ1) is 15.9. The number of nitrogens with one attached hydrogen (secondary N) is 1. The van der Waals surface area contributed by atoms with Crippen LogP contribution in [-0.2, 0) is 4.74 Å². The average molecular weight is 475 g/mol. The van der Waals surface area contributed by atoms with E-state index in [9.17, 15) is 9.90 Å². The molecule has 0 spiro atoms. The van der Waals surface area contributed by atoms with Crippen molar-refractivity contribution in [3.63, 3.8) is 0 Å². The molecule has 3 atom stereocenters. The molecule has 1 aliphatic carbocycles. The number of urea groups is 1. The van der Waals surface area contributed by atoms with Crippen molar-refractivity contribution in [2.24, 2.45) is 0 Å². The molecule has 2 fully saturated rings. The maximum atomic E-state index is 12.7. The second-order valence-corrected chi connectivity index (χ2v) is 9.63. The molecule has 7 nitrogen and oxygen atoms in total. The van der Waals surface area contributed by atoms with Gasteiger partial charge in [0.2, 0.25) is 0 Å². The number of allylic oxidation sites excluding steroid dienone is 2. The number of aliphatic hydroxyl groups is 1. The first-order valence-electron chi connectivity index (χ1n) is 11.9. The second-order valence-electron chi connectivity index (χ2n) is 9.19. The third-order valence-corrected chi connectivity index (χ3v) is 7.32. The molecule has 1 aromatic rings. The molecule has 180 valence electrons. The van der Waals surface area contributed by atoms with E-state index in [0.717, 1.165) is 55.2 Å². The van der Waals surface area contributed by atoms with Crippen molar-refractivity contribution >= 4 is 29.0 Å². The van der Waals surface area contributed by atoms with Crippen LogP contribution in [0.25, 0.3) is 0 Å². The zero-order valence-electron chi connectivity index (χ0n) is 19.5. The maximum absolute atomic E-state index is 12.7. The Balaban J connectivity index is 1.22. The summed E-state index contributed by atoms with van der Waals surface area (Å²) in [5, 5.41) is 13.6. The molecule has 0 bridgehead atoms. The van der Waals surface area contributed by atoms with Crippen LogP contribution in [0.5, 0.6) is 0 Å². The van der Waals surface area contributed by atoms with Gasteiger partial charge in [-0.15, -0.1) is 0 Å². The summed E-state index contributed by atoms with van der Waals surface area (Å²) in [6.45, 7) is 5.00. The number of ether oxygens (including phenoxy) is 1. The van der Waals surface area contributed by atoms with Crippen molar-refractivity contribution in [3.8, 4) is 0 Å². The molecule has 1 aromatic carbocycles. The zero-order chi connectivity index (χ0) is 23.4. The molecule has 3 aliphatic rings. The lowest BCUT2D eigenvalue weighted by atomic mass is 10.1. The van der Waals surface area contributed by atoms with Gasteiger partial charge in [-0.25, -0.2) is 4.79 Å². The lowest BCUT2D eigenvalue weighted by Crippen LogP contribution is -2.43. The summed E-state index contributed by atoms with van der Waals surface area (Å²) in [7, 11) is 1.96. The lowest BCUT2D eigenvalue weighted by Gasteiger charge is -2.34. The average Bonchev–Trinajstić information content (AvgIpc) is 3.31. The van der Waals surface area contributed by atoms with E-state index < -0.39 is 6.23 Å².